The molecule has 0 aromatic heterocycles. The Balaban J connectivity index is 1.58. The Hall–Kier alpha value is -1.20. The van der Waals surface area contributed by atoms with Crippen LogP contribution in [0.2, 0.25) is 5.02 Å². The van der Waals surface area contributed by atoms with E-state index in [1.54, 1.807) is 12.1 Å². The van der Waals surface area contributed by atoms with Gasteiger partial charge in [0.1, 0.15) is 6.04 Å². The van der Waals surface area contributed by atoms with Crippen molar-refractivity contribution in [2.75, 3.05) is 5.75 Å². The molecule has 3 fully saturated rings. The second-order valence-corrected chi connectivity index (χ2v) is 8.36. The summed E-state index contributed by atoms with van der Waals surface area (Å²) in [6.07, 6.45) is 5.56. The van der Waals surface area contributed by atoms with E-state index in [1.165, 1.54) is 11.3 Å². The van der Waals surface area contributed by atoms with Crippen LogP contribution in [0.3, 0.4) is 0 Å². The van der Waals surface area contributed by atoms with Crippen molar-refractivity contribution in [1.29, 1.82) is 0 Å². The van der Waals surface area contributed by atoms with Gasteiger partial charge in [-0.2, -0.15) is 0 Å². The Morgan fingerprint density at radius 2 is 1.83 bits per heavy atom. The average molecular weight is 351 g/mol. The van der Waals surface area contributed by atoms with Crippen molar-refractivity contribution in [3.8, 4) is 0 Å². The number of hydrogen-bond donors (Lipinski definition) is 0. The van der Waals surface area contributed by atoms with Gasteiger partial charge in [0.2, 0.25) is 0 Å². The van der Waals surface area contributed by atoms with Gasteiger partial charge in [0.05, 0.1) is 11.4 Å². The molecule has 2 heterocycles. The van der Waals surface area contributed by atoms with Crippen LogP contribution in [0, 0.1) is 0 Å². The molecule has 4 rings (SSSR count). The van der Waals surface area contributed by atoms with Gasteiger partial charge in [-0.15, -0.1) is 11.8 Å². The third-order valence-corrected chi connectivity index (χ3v) is 7.01. The van der Waals surface area contributed by atoms with E-state index in [9.17, 15) is 9.59 Å². The number of nitrogens with zero attached hydrogens (tertiary/aromatic N) is 2. The van der Waals surface area contributed by atoms with Crippen molar-refractivity contribution in [2.24, 2.45) is 0 Å². The van der Waals surface area contributed by atoms with Crippen molar-refractivity contribution in [3.63, 3.8) is 0 Å². The minimum atomic E-state index is -0.266. The Bertz CT molecular complexity index is 642. The summed E-state index contributed by atoms with van der Waals surface area (Å²) in [5, 5.41) is 0.658. The van der Waals surface area contributed by atoms with Crippen LogP contribution in [0.4, 0.5) is 4.79 Å². The van der Waals surface area contributed by atoms with Crippen LogP contribution in [0.25, 0.3) is 0 Å². The van der Waals surface area contributed by atoms with Gasteiger partial charge in [-0.05, 0) is 30.5 Å². The van der Waals surface area contributed by atoms with Gasteiger partial charge >= 0.3 is 6.03 Å². The monoisotopic (exact) mass is 350 g/mol. The molecule has 4 nitrogen and oxygen atoms in total. The highest BCUT2D eigenvalue weighted by Crippen LogP contribution is 2.51. The molecule has 2 aliphatic heterocycles. The minimum absolute atomic E-state index is 0.0418. The highest BCUT2D eigenvalue weighted by molar-refractivity contribution is 8.01. The lowest BCUT2D eigenvalue weighted by Crippen LogP contribution is -2.48. The van der Waals surface area contributed by atoms with Crippen molar-refractivity contribution < 1.29 is 9.59 Å². The van der Waals surface area contributed by atoms with E-state index < -0.39 is 0 Å². The molecule has 1 spiro atoms. The van der Waals surface area contributed by atoms with Crippen LogP contribution in [0.1, 0.15) is 37.7 Å². The summed E-state index contributed by atoms with van der Waals surface area (Å²) >= 11 is 7.72. The van der Waals surface area contributed by atoms with E-state index in [2.05, 4.69) is 0 Å². The Morgan fingerprint density at radius 1 is 1.13 bits per heavy atom. The SMILES string of the molecule is O=C1[C@@H]2CSC3(CCCCC3)N2C(=O)N1Cc1ccc(Cl)cc1. The third-order valence-electron chi connectivity index (χ3n) is 5.14. The summed E-state index contributed by atoms with van der Waals surface area (Å²) in [5.41, 5.74) is 0.933. The highest BCUT2D eigenvalue weighted by Gasteiger charge is 2.59. The fourth-order valence-electron chi connectivity index (χ4n) is 3.96. The molecule has 0 bridgehead atoms. The standard InChI is InChI=1S/C17H19ClN2O2S/c18-13-6-4-12(5-7-13)10-19-15(21)14-11-23-17(20(14)16(19)22)8-2-1-3-9-17/h4-7,14H,1-3,8-11H2/t14-/m0/s1. The molecule has 1 aliphatic carbocycles. The summed E-state index contributed by atoms with van der Waals surface area (Å²) in [6, 6.07) is 6.96. The molecule has 1 aromatic carbocycles. The third kappa shape index (κ3) is 2.45. The summed E-state index contributed by atoms with van der Waals surface area (Å²) in [5.74, 6) is 0.696. The van der Waals surface area contributed by atoms with Crippen LogP contribution < -0.4 is 0 Å². The molecule has 3 amide bonds. The summed E-state index contributed by atoms with van der Waals surface area (Å²) in [4.78, 5) is 28.8. The van der Waals surface area contributed by atoms with E-state index in [-0.39, 0.29) is 22.9 Å². The first-order valence-electron chi connectivity index (χ1n) is 8.14. The Morgan fingerprint density at radius 3 is 2.52 bits per heavy atom. The van der Waals surface area contributed by atoms with Gasteiger partial charge in [-0.3, -0.25) is 14.6 Å². The van der Waals surface area contributed by atoms with Gasteiger partial charge in [0, 0.05) is 10.8 Å². The summed E-state index contributed by atoms with van der Waals surface area (Å²) in [6.45, 7) is 0.336. The molecule has 6 heteroatoms. The molecule has 1 saturated carbocycles. The van der Waals surface area contributed by atoms with E-state index in [0.717, 1.165) is 37.0 Å². The van der Waals surface area contributed by atoms with Crippen molar-refractivity contribution in [2.45, 2.75) is 49.6 Å². The molecule has 0 N–H and O–H groups in total. The van der Waals surface area contributed by atoms with Gasteiger partial charge in [0.15, 0.2) is 0 Å². The second-order valence-electron chi connectivity index (χ2n) is 6.54. The molecule has 1 atom stereocenters. The van der Waals surface area contributed by atoms with Crippen molar-refractivity contribution >= 4 is 35.3 Å². The minimum Gasteiger partial charge on any atom is -0.297 e. The normalized spacial score (nSPS) is 26.2. The number of hydrogen-bond acceptors (Lipinski definition) is 3. The molecule has 0 radical (unpaired) electrons. The molecule has 122 valence electrons. The number of fused-ring (bicyclic) bond motifs is 2. The first kappa shape index (κ1) is 15.3. The van der Waals surface area contributed by atoms with Gasteiger partial charge in [-0.1, -0.05) is 43.0 Å². The quantitative estimate of drug-likeness (QED) is 0.760. The summed E-state index contributed by atoms with van der Waals surface area (Å²) < 4.78 is 0. The zero-order valence-corrected chi connectivity index (χ0v) is 14.4. The molecule has 0 unspecified atom stereocenters. The zero-order chi connectivity index (χ0) is 16.0. The van der Waals surface area contributed by atoms with E-state index in [0.29, 0.717) is 11.6 Å². The maximum atomic E-state index is 12.9. The van der Waals surface area contributed by atoms with Crippen LogP contribution in [-0.4, -0.2) is 38.4 Å². The largest absolute Gasteiger partial charge is 0.328 e. The lowest BCUT2D eigenvalue weighted by Gasteiger charge is -2.39. The van der Waals surface area contributed by atoms with Crippen LogP contribution in [0.5, 0.6) is 0 Å². The van der Waals surface area contributed by atoms with Crippen molar-refractivity contribution in [3.05, 3.63) is 34.9 Å². The lowest BCUT2D eigenvalue weighted by molar-refractivity contribution is -0.128. The Kier molecular flexibility index (Phi) is 3.81. The van der Waals surface area contributed by atoms with Gasteiger partial charge < -0.3 is 0 Å². The predicted octanol–water partition coefficient (Wildman–Crippen LogP) is 3.88. The number of benzene rings is 1. The van der Waals surface area contributed by atoms with E-state index in [4.69, 9.17) is 11.6 Å². The van der Waals surface area contributed by atoms with Crippen molar-refractivity contribution in [1.82, 2.24) is 9.80 Å². The second kappa shape index (κ2) is 5.71. The number of rotatable bonds is 2. The van der Waals surface area contributed by atoms with Crippen LogP contribution in [0.15, 0.2) is 24.3 Å². The lowest BCUT2D eigenvalue weighted by atomic mass is 9.93. The highest BCUT2D eigenvalue weighted by atomic mass is 35.5. The van der Waals surface area contributed by atoms with Gasteiger partial charge in [0.25, 0.3) is 5.91 Å². The fraction of sp³-hybridized carbons (Fsp3) is 0.529. The molecular formula is C17H19ClN2O2S. The fourth-order valence-corrected chi connectivity index (χ4v) is 5.77. The Labute approximate surface area is 145 Å². The number of urea groups is 1. The first-order valence-corrected chi connectivity index (χ1v) is 9.50. The van der Waals surface area contributed by atoms with E-state index >= 15 is 0 Å². The molecular weight excluding hydrogens is 332 g/mol. The van der Waals surface area contributed by atoms with Crippen LogP contribution in [-0.2, 0) is 11.3 Å². The average Bonchev–Trinajstić information content (AvgIpc) is 3.03. The van der Waals surface area contributed by atoms with E-state index in [1.807, 2.05) is 28.8 Å². The predicted molar refractivity (Wildman–Crippen MR) is 91.3 cm³/mol. The summed E-state index contributed by atoms with van der Waals surface area (Å²) in [7, 11) is 0. The first-order chi connectivity index (χ1) is 11.1. The number of halogens is 1. The molecule has 1 aromatic rings. The molecule has 23 heavy (non-hydrogen) atoms. The topological polar surface area (TPSA) is 40.6 Å². The number of carbonyl (C=O) groups excluding carboxylic acids is 2. The van der Waals surface area contributed by atoms with Crippen LogP contribution >= 0.6 is 23.4 Å². The smallest absolute Gasteiger partial charge is 0.297 e. The maximum Gasteiger partial charge on any atom is 0.328 e. The number of carbonyl (C=O) groups is 2. The zero-order valence-electron chi connectivity index (χ0n) is 12.8. The van der Waals surface area contributed by atoms with Gasteiger partial charge in [-0.25, -0.2) is 4.79 Å². The number of imide groups is 1. The molecule has 2 saturated heterocycles. The number of thioether (sulfide) groups is 1. The number of amides is 3. The molecule has 3 aliphatic rings. The maximum absolute atomic E-state index is 12.9.